The van der Waals surface area contributed by atoms with E-state index in [0.717, 1.165) is 44.4 Å². The number of oxazole rings is 1. The molecule has 0 saturated heterocycles. The highest BCUT2D eigenvalue weighted by Crippen LogP contribution is 2.31. The van der Waals surface area contributed by atoms with Crippen LogP contribution in [0.25, 0.3) is 28.1 Å². The summed E-state index contributed by atoms with van der Waals surface area (Å²) in [4.78, 5) is 4.66. The van der Waals surface area contributed by atoms with E-state index in [1.165, 1.54) is 0 Å². The Labute approximate surface area is 159 Å². The second-order valence-corrected chi connectivity index (χ2v) is 7.28. The van der Waals surface area contributed by atoms with Crippen molar-refractivity contribution in [3.63, 3.8) is 0 Å². The summed E-state index contributed by atoms with van der Waals surface area (Å²) >= 11 is 1.59. The normalized spacial score (nSPS) is 11.6. The van der Waals surface area contributed by atoms with Gasteiger partial charge in [0.1, 0.15) is 22.9 Å². The van der Waals surface area contributed by atoms with Gasteiger partial charge in [-0.3, -0.25) is 4.40 Å². The molecular weight excluding hydrogens is 360 g/mol. The van der Waals surface area contributed by atoms with Crippen LogP contribution in [0.5, 0.6) is 0 Å². The first kappa shape index (κ1) is 16.1. The zero-order chi connectivity index (χ0) is 18.4. The lowest BCUT2D eigenvalue weighted by atomic mass is 10.2. The molecule has 0 aliphatic rings. The van der Waals surface area contributed by atoms with Gasteiger partial charge in [-0.25, -0.2) is 4.98 Å². The summed E-state index contributed by atoms with van der Waals surface area (Å²) in [6, 6.07) is 13.9. The van der Waals surface area contributed by atoms with Gasteiger partial charge in [0, 0.05) is 23.4 Å². The fourth-order valence-corrected chi connectivity index (χ4v) is 4.06. The van der Waals surface area contributed by atoms with Crippen molar-refractivity contribution < 1.29 is 8.83 Å². The van der Waals surface area contributed by atoms with Gasteiger partial charge in [-0.05, 0) is 26.0 Å². The number of hydrogen-bond donors (Lipinski definition) is 0. The molecule has 4 heterocycles. The topological polar surface area (TPSA) is 69.4 Å². The van der Waals surface area contributed by atoms with E-state index < -0.39 is 0 Å². The summed E-state index contributed by atoms with van der Waals surface area (Å²) in [5, 5.41) is 9.28. The van der Waals surface area contributed by atoms with Gasteiger partial charge in [-0.15, -0.1) is 10.2 Å². The molecule has 0 N–H and O–H groups in total. The lowest BCUT2D eigenvalue weighted by Gasteiger charge is -2.01. The predicted octanol–water partition coefficient (Wildman–Crippen LogP) is 5.04. The van der Waals surface area contributed by atoms with Crippen molar-refractivity contribution in [2.45, 2.75) is 24.6 Å². The summed E-state index contributed by atoms with van der Waals surface area (Å²) < 4.78 is 13.6. The molecule has 0 saturated carbocycles. The smallest absolute Gasteiger partial charge is 0.226 e. The van der Waals surface area contributed by atoms with E-state index in [2.05, 4.69) is 15.2 Å². The molecule has 0 aliphatic carbocycles. The Morgan fingerprint density at radius 2 is 1.89 bits per heavy atom. The van der Waals surface area contributed by atoms with Crippen molar-refractivity contribution >= 4 is 28.4 Å². The summed E-state index contributed by atoms with van der Waals surface area (Å²) in [5.41, 5.74) is 4.71. The molecule has 0 aliphatic heterocycles. The minimum atomic E-state index is 0.642. The number of benzene rings is 1. The number of aromatic nitrogens is 4. The molecule has 7 heteroatoms. The Hall–Kier alpha value is -3.06. The molecule has 5 aromatic rings. The lowest BCUT2D eigenvalue weighted by Crippen LogP contribution is -1.94. The molecule has 6 nitrogen and oxygen atoms in total. The van der Waals surface area contributed by atoms with Crippen LogP contribution in [0.1, 0.15) is 17.2 Å². The van der Waals surface area contributed by atoms with Crippen LogP contribution in [0.4, 0.5) is 0 Å². The minimum absolute atomic E-state index is 0.642. The van der Waals surface area contributed by atoms with E-state index >= 15 is 0 Å². The Morgan fingerprint density at radius 1 is 1.04 bits per heavy atom. The molecule has 4 aromatic heterocycles. The summed E-state index contributed by atoms with van der Waals surface area (Å²) in [7, 11) is 0. The van der Waals surface area contributed by atoms with Crippen LogP contribution in [0.2, 0.25) is 0 Å². The van der Waals surface area contributed by atoms with Crippen LogP contribution >= 0.6 is 11.8 Å². The standard InChI is InChI=1S/C20H16N4O2S/c1-12-8-16-18(25-12)9-17-20(23-21-11-24(16)17)27-10-15-13(2)26-19(22-15)14-6-4-3-5-7-14/h3-9,11H,10H2,1-2H3. The minimum Gasteiger partial charge on any atom is -0.460 e. The van der Waals surface area contributed by atoms with Crippen LogP contribution in [-0.2, 0) is 5.75 Å². The molecule has 1 aromatic carbocycles. The number of aryl methyl sites for hydroxylation is 2. The van der Waals surface area contributed by atoms with Gasteiger partial charge >= 0.3 is 0 Å². The Balaban J connectivity index is 1.45. The van der Waals surface area contributed by atoms with Crippen LogP contribution in [0.15, 0.2) is 62.7 Å². The van der Waals surface area contributed by atoms with Crippen LogP contribution < -0.4 is 0 Å². The number of rotatable bonds is 4. The first-order valence-electron chi connectivity index (χ1n) is 8.56. The largest absolute Gasteiger partial charge is 0.460 e. The van der Waals surface area contributed by atoms with E-state index in [9.17, 15) is 0 Å². The highest BCUT2D eigenvalue weighted by Gasteiger charge is 2.15. The molecule has 0 fully saturated rings. The van der Waals surface area contributed by atoms with Crippen LogP contribution in [0.3, 0.4) is 0 Å². The summed E-state index contributed by atoms with van der Waals surface area (Å²) in [6.45, 7) is 3.88. The highest BCUT2D eigenvalue weighted by molar-refractivity contribution is 7.98. The van der Waals surface area contributed by atoms with E-state index in [-0.39, 0.29) is 0 Å². The van der Waals surface area contributed by atoms with Gasteiger partial charge < -0.3 is 8.83 Å². The number of furan rings is 1. The third-order valence-electron chi connectivity index (χ3n) is 4.44. The Morgan fingerprint density at radius 3 is 2.74 bits per heavy atom. The van der Waals surface area contributed by atoms with E-state index in [1.54, 1.807) is 18.1 Å². The summed E-state index contributed by atoms with van der Waals surface area (Å²) in [6.07, 6.45) is 1.71. The summed E-state index contributed by atoms with van der Waals surface area (Å²) in [5.74, 6) is 3.00. The first-order valence-corrected chi connectivity index (χ1v) is 9.55. The van der Waals surface area contributed by atoms with Gasteiger partial charge in [0.25, 0.3) is 0 Å². The van der Waals surface area contributed by atoms with Gasteiger partial charge in [0.15, 0.2) is 5.58 Å². The third kappa shape index (κ3) is 2.80. The maximum atomic E-state index is 5.84. The second kappa shape index (κ2) is 6.28. The molecule has 27 heavy (non-hydrogen) atoms. The maximum absolute atomic E-state index is 5.84. The monoisotopic (exact) mass is 376 g/mol. The molecule has 0 bridgehead atoms. The molecular formula is C20H16N4O2S. The SMILES string of the molecule is Cc1cc2c(cc3c(SCc4nc(-c5ccccc5)oc4C)nncn32)o1. The number of fused-ring (bicyclic) bond motifs is 3. The number of hydrogen-bond acceptors (Lipinski definition) is 6. The quantitative estimate of drug-likeness (QED) is 0.409. The Kier molecular flexibility index (Phi) is 3.75. The van der Waals surface area contributed by atoms with Crippen LogP contribution in [-0.4, -0.2) is 19.6 Å². The van der Waals surface area contributed by atoms with Gasteiger partial charge in [0.2, 0.25) is 5.89 Å². The Bertz CT molecular complexity index is 1250. The molecule has 0 unspecified atom stereocenters. The maximum Gasteiger partial charge on any atom is 0.226 e. The fourth-order valence-electron chi connectivity index (χ4n) is 3.11. The van der Waals surface area contributed by atoms with E-state index in [1.807, 2.05) is 60.7 Å². The van der Waals surface area contributed by atoms with E-state index in [0.29, 0.717) is 11.6 Å². The van der Waals surface area contributed by atoms with Crippen molar-refractivity contribution in [2.75, 3.05) is 0 Å². The van der Waals surface area contributed by atoms with Crippen molar-refractivity contribution in [2.24, 2.45) is 0 Å². The molecule has 0 spiro atoms. The predicted molar refractivity (Wildman–Crippen MR) is 104 cm³/mol. The van der Waals surface area contributed by atoms with Crippen LogP contribution in [0, 0.1) is 13.8 Å². The zero-order valence-electron chi connectivity index (χ0n) is 14.8. The lowest BCUT2D eigenvalue weighted by molar-refractivity contribution is 0.540. The van der Waals surface area contributed by atoms with Gasteiger partial charge in [-0.1, -0.05) is 30.0 Å². The second-order valence-electron chi connectivity index (χ2n) is 6.32. The number of thioether (sulfide) groups is 1. The third-order valence-corrected chi connectivity index (χ3v) is 5.43. The molecule has 134 valence electrons. The van der Waals surface area contributed by atoms with Crippen molar-refractivity contribution in [1.29, 1.82) is 0 Å². The fraction of sp³-hybridized carbons (Fsp3) is 0.150. The highest BCUT2D eigenvalue weighted by atomic mass is 32.2. The van der Waals surface area contributed by atoms with E-state index in [4.69, 9.17) is 8.83 Å². The zero-order valence-corrected chi connectivity index (χ0v) is 15.7. The first-order chi connectivity index (χ1) is 13.2. The molecule has 0 radical (unpaired) electrons. The molecule has 5 rings (SSSR count). The molecule has 0 atom stereocenters. The average molecular weight is 376 g/mol. The number of nitrogens with zero attached hydrogens (tertiary/aromatic N) is 4. The van der Waals surface area contributed by atoms with Crippen molar-refractivity contribution in [3.8, 4) is 11.5 Å². The van der Waals surface area contributed by atoms with Gasteiger partial charge in [-0.2, -0.15) is 0 Å². The van der Waals surface area contributed by atoms with Gasteiger partial charge in [0.05, 0.1) is 16.7 Å². The average Bonchev–Trinajstić information content (AvgIpc) is 3.33. The van der Waals surface area contributed by atoms with Crippen molar-refractivity contribution in [3.05, 3.63) is 66.0 Å². The van der Waals surface area contributed by atoms with Crippen molar-refractivity contribution in [1.82, 2.24) is 19.6 Å². The molecule has 0 amide bonds.